The molecule has 3 unspecified atom stereocenters. The first-order valence-corrected chi connectivity index (χ1v) is 7.33. The van der Waals surface area contributed by atoms with Crippen LogP contribution in [0, 0.1) is 5.92 Å². The van der Waals surface area contributed by atoms with E-state index in [0.717, 1.165) is 12.0 Å². The molecule has 2 amide bonds. The molecule has 5 nitrogen and oxygen atoms in total. The lowest BCUT2D eigenvalue weighted by molar-refractivity contribution is -0.129. The number of amides is 2. The van der Waals surface area contributed by atoms with Crippen LogP contribution in [0.2, 0.25) is 0 Å². The molecule has 0 spiro atoms. The lowest BCUT2D eigenvalue weighted by Crippen LogP contribution is -2.51. The van der Waals surface area contributed by atoms with Crippen LogP contribution in [0.25, 0.3) is 0 Å². The fourth-order valence-electron chi connectivity index (χ4n) is 1.83. The summed E-state index contributed by atoms with van der Waals surface area (Å²) in [5.41, 5.74) is 6.86. The Balaban J connectivity index is 2.42. The number of carbonyl (C=O) groups excluding carboxylic acids is 2. The van der Waals surface area contributed by atoms with Gasteiger partial charge in [-0.1, -0.05) is 50.6 Å². The van der Waals surface area contributed by atoms with Crippen molar-refractivity contribution in [2.24, 2.45) is 11.7 Å². The van der Waals surface area contributed by atoms with Crippen molar-refractivity contribution in [1.29, 1.82) is 0 Å². The molecule has 0 saturated heterocycles. The minimum absolute atomic E-state index is 0.0876. The molecule has 0 fully saturated rings. The Kier molecular flexibility index (Phi) is 6.88. The fourth-order valence-corrected chi connectivity index (χ4v) is 1.83. The Bertz CT molecular complexity index is 462. The van der Waals surface area contributed by atoms with E-state index >= 15 is 0 Å². The van der Waals surface area contributed by atoms with Gasteiger partial charge >= 0.3 is 0 Å². The third-order valence-corrected chi connectivity index (χ3v) is 3.62. The highest BCUT2D eigenvalue weighted by molar-refractivity contribution is 5.89. The lowest BCUT2D eigenvalue weighted by atomic mass is 9.99. The SMILES string of the molecule is CCC(C)C(N)C(=O)NC(C)C(=O)NCc1ccccc1. The predicted octanol–water partition coefficient (Wildman–Crippen LogP) is 1.18. The fraction of sp³-hybridized carbons (Fsp3) is 0.500. The van der Waals surface area contributed by atoms with Crippen LogP contribution in [-0.2, 0) is 16.1 Å². The van der Waals surface area contributed by atoms with Crippen LogP contribution < -0.4 is 16.4 Å². The molecule has 5 heteroatoms. The van der Waals surface area contributed by atoms with Gasteiger partial charge in [0.25, 0.3) is 0 Å². The second-order valence-electron chi connectivity index (χ2n) is 5.34. The molecule has 0 aliphatic rings. The van der Waals surface area contributed by atoms with Crippen LogP contribution in [0.5, 0.6) is 0 Å². The number of benzene rings is 1. The first kappa shape index (κ1) is 17.2. The van der Waals surface area contributed by atoms with Gasteiger partial charge in [0.2, 0.25) is 11.8 Å². The molecular weight excluding hydrogens is 266 g/mol. The largest absolute Gasteiger partial charge is 0.350 e. The summed E-state index contributed by atoms with van der Waals surface area (Å²) in [5.74, 6) is -0.417. The highest BCUT2D eigenvalue weighted by atomic mass is 16.2. The van der Waals surface area contributed by atoms with Gasteiger partial charge in [-0.25, -0.2) is 0 Å². The van der Waals surface area contributed by atoms with Crippen LogP contribution >= 0.6 is 0 Å². The van der Waals surface area contributed by atoms with Gasteiger partial charge in [0.05, 0.1) is 6.04 Å². The van der Waals surface area contributed by atoms with Crippen molar-refractivity contribution in [2.75, 3.05) is 0 Å². The van der Waals surface area contributed by atoms with Crippen LogP contribution in [-0.4, -0.2) is 23.9 Å². The summed E-state index contributed by atoms with van der Waals surface area (Å²) in [6.07, 6.45) is 0.823. The van der Waals surface area contributed by atoms with Crippen molar-refractivity contribution in [3.05, 3.63) is 35.9 Å². The van der Waals surface area contributed by atoms with Gasteiger partial charge in [0.1, 0.15) is 6.04 Å². The van der Waals surface area contributed by atoms with Crippen molar-refractivity contribution < 1.29 is 9.59 Å². The molecule has 0 heterocycles. The summed E-state index contributed by atoms with van der Waals surface area (Å²) < 4.78 is 0. The zero-order valence-corrected chi connectivity index (χ0v) is 12.9. The normalized spacial score (nSPS) is 14.9. The third kappa shape index (κ3) is 5.55. The molecule has 21 heavy (non-hydrogen) atoms. The molecule has 1 aromatic carbocycles. The van der Waals surface area contributed by atoms with Gasteiger partial charge in [-0.05, 0) is 18.4 Å². The minimum Gasteiger partial charge on any atom is -0.350 e. The van der Waals surface area contributed by atoms with E-state index < -0.39 is 12.1 Å². The Morgan fingerprint density at radius 3 is 2.33 bits per heavy atom. The zero-order chi connectivity index (χ0) is 15.8. The van der Waals surface area contributed by atoms with Crippen molar-refractivity contribution in [1.82, 2.24) is 10.6 Å². The van der Waals surface area contributed by atoms with Gasteiger partial charge in [0, 0.05) is 6.54 Å². The summed E-state index contributed by atoms with van der Waals surface area (Å²) >= 11 is 0. The molecule has 0 saturated carbocycles. The monoisotopic (exact) mass is 291 g/mol. The van der Waals surface area contributed by atoms with E-state index in [2.05, 4.69) is 10.6 Å². The Labute approximate surface area is 126 Å². The van der Waals surface area contributed by atoms with E-state index in [-0.39, 0.29) is 17.7 Å². The number of nitrogens with two attached hydrogens (primary N) is 1. The van der Waals surface area contributed by atoms with Crippen molar-refractivity contribution >= 4 is 11.8 Å². The van der Waals surface area contributed by atoms with Gasteiger partial charge in [-0.2, -0.15) is 0 Å². The van der Waals surface area contributed by atoms with Gasteiger partial charge in [-0.15, -0.1) is 0 Å². The Hall–Kier alpha value is -1.88. The van der Waals surface area contributed by atoms with Crippen molar-refractivity contribution in [3.8, 4) is 0 Å². The smallest absolute Gasteiger partial charge is 0.242 e. The molecule has 0 aliphatic heterocycles. The molecule has 0 bridgehead atoms. The van der Waals surface area contributed by atoms with Gasteiger partial charge in [-0.3, -0.25) is 9.59 Å². The van der Waals surface area contributed by atoms with Crippen LogP contribution in [0.3, 0.4) is 0 Å². The predicted molar refractivity (Wildman–Crippen MR) is 83.3 cm³/mol. The summed E-state index contributed by atoms with van der Waals surface area (Å²) in [6, 6.07) is 8.43. The summed E-state index contributed by atoms with van der Waals surface area (Å²) in [6.45, 7) is 6.00. The van der Waals surface area contributed by atoms with E-state index in [9.17, 15) is 9.59 Å². The van der Waals surface area contributed by atoms with Gasteiger partial charge in [0.15, 0.2) is 0 Å². The van der Waals surface area contributed by atoms with E-state index in [1.54, 1.807) is 6.92 Å². The van der Waals surface area contributed by atoms with Crippen LogP contribution in [0.4, 0.5) is 0 Å². The standard InChI is InChI=1S/C16H25N3O2/c1-4-11(2)14(17)16(21)19-12(3)15(20)18-10-13-8-6-5-7-9-13/h5-9,11-12,14H,4,10,17H2,1-3H3,(H,18,20)(H,19,21). The Morgan fingerprint density at radius 1 is 1.14 bits per heavy atom. The average Bonchev–Trinajstić information content (AvgIpc) is 2.51. The third-order valence-electron chi connectivity index (χ3n) is 3.62. The van der Waals surface area contributed by atoms with E-state index in [0.29, 0.717) is 6.54 Å². The molecule has 116 valence electrons. The highest BCUT2D eigenvalue weighted by Crippen LogP contribution is 2.05. The number of hydrogen-bond donors (Lipinski definition) is 3. The Morgan fingerprint density at radius 2 is 1.76 bits per heavy atom. The number of hydrogen-bond acceptors (Lipinski definition) is 3. The molecule has 0 radical (unpaired) electrons. The van der Waals surface area contributed by atoms with Crippen molar-refractivity contribution in [3.63, 3.8) is 0 Å². The quantitative estimate of drug-likeness (QED) is 0.705. The van der Waals surface area contributed by atoms with Crippen LogP contribution in [0.15, 0.2) is 30.3 Å². The first-order valence-electron chi connectivity index (χ1n) is 7.33. The average molecular weight is 291 g/mol. The molecule has 4 N–H and O–H groups in total. The van der Waals surface area contributed by atoms with Crippen molar-refractivity contribution in [2.45, 2.75) is 45.8 Å². The van der Waals surface area contributed by atoms with Crippen LogP contribution in [0.1, 0.15) is 32.8 Å². The number of carbonyl (C=O) groups is 2. The summed E-state index contributed by atoms with van der Waals surface area (Å²) in [4.78, 5) is 23.9. The minimum atomic E-state index is -0.601. The maximum Gasteiger partial charge on any atom is 0.242 e. The first-order chi connectivity index (χ1) is 9.95. The lowest BCUT2D eigenvalue weighted by Gasteiger charge is -2.20. The molecule has 1 rings (SSSR count). The zero-order valence-electron chi connectivity index (χ0n) is 12.9. The second-order valence-corrected chi connectivity index (χ2v) is 5.34. The molecule has 3 atom stereocenters. The highest BCUT2D eigenvalue weighted by Gasteiger charge is 2.23. The summed E-state index contributed by atoms with van der Waals surface area (Å²) in [5, 5.41) is 5.45. The molecule has 0 aromatic heterocycles. The van der Waals surface area contributed by atoms with Gasteiger partial charge < -0.3 is 16.4 Å². The molecule has 1 aromatic rings. The van der Waals surface area contributed by atoms with E-state index in [1.165, 1.54) is 0 Å². The maximum atomic E-state index is 11.9. The number of nitrogens with one attached hydrogen (secondary N) is 2. The second kappa shape index (κ2) is 8.42. The molecule has 0 aliphatic carbocycles. The molecular formula is C16H25N3O2. The number of rotatable bonds is 7. The van der Waals surface area contributed by atoms with E-state index in [4.69, 9.17) is 5.73 Å². The van der Waals surface area contributed by atoms with E-state index in [1.807, 2.05) is 44.2 Å². The topological polar surface area (TPSA) is 84.2 Å². The maximum absolute atomic E-state index is 11.9. The summed E-state index contributed by atoms with van der Waals surface area (Å²) in [7, 11) is 0.